The van der Waals surface area contributed by atoms with Crippen LogP contribution in [0.25, 0.3) is 5.52 Å². The lowest BCUT2D eigenvalue weighted by atomic mass is 10.0. The number of fused-ring (bicyclic) bond motifs is 1. The number of piperidine rings is 1. The number of amides is 2. The van der Waals surface area contributed by atoms with E-state index in [-0.39, 0.29) is 17.5 Å². The SMILES string of the molecule is Cc1cc(C)cc(NC(=O)c2nc(C(=O)N3CCCC(C)C3)n3ccccc23)c1. The number of nitrogens with zero attached hydrogens (tertiary/aromatic N) is 3. The highest BCUT2D eigenvalue weighted by molar-refractivity contribution is 6.09. The van der Waals surface area contributed by atoms with Crippen molar-refractivity contribution in [3.05, 3.63) is 65.2 Å². The van der Waals surface area contributed by atoms with Gasteiger partial charge in [0.15, 0.2) is 5.69 Å². The molecule has 1 saturated heterocycles. The van der Waals surface area contributed by atoms with Gasteiger partial charge in [0.1, 0.15) is 0 Å². The van der Waals surface area contributed by atoms with Crippen molar-refractivity contribution in [1.29, 1.82) is 0 Å². The van der Waals surface area contributed by atoms with E-state index in [1.807, 2.05) is 49.1 Å². The summed E-state index contributed by atoms with van der Waals surface area (Å²) < 4.78 is 1.72. The summed E-state index contributed by atoms with van der Waals surface area (Å²) in [4.78, 5) is 32.5. The van der Waals surface area contributed by atoms with Gasteiger partial charge in [0.25, 0.3) is 11.8 Å². The van der Waals surface area contributed by atoms with E-state index in [9.17, 15) is 9.59 Å². The fourth-order valence-electron chi connectivity index (χ4n) is 4.11. The Hall–Kier alpha value is -3.15. The van der Waals surface area contributed by atoms with Crippen LogP contribution >= 0.6 is 0 Å². The molecule has 0 saturated carbocycles. The van der Waals surface area contributed by atoms with Gasteiger partial charge in [0.2, 0.25) is 5.82 Å². The number of anilines is 1. The molecule has 2 aromatic heterocycles. The second-order valence-electron chi connectivity index (χ2n) is 8.07. The number of nitrogens with one attached hydrogen (secondary N) is 1. The smallest absolute Gasteiger partial charge is 0.290 e. The molecule has 2 amide bonds. The molecule has 1 unspecified atom stereocenters. The molecule has 1 aromatic carbocycles. The van der Waals surface area contributed by atoms with E-state index in [4.69, 9.17) is 0 Å². The maximum Gasteiger partial charge on any atom is 0.290 e. The Morgan fingerprint density at radius 1 is 1.14 bits per heavy atom. The Morgan fingerprint density at radius 2 is 1.90 bits per heavy atom. The summed E-state index contributed by atoms with van der Waals surface area (Å²) in [6.45, 7) is 7.60. The third-order valence-electron chi connectivity index (χ3n) is 5.38. The number of aryl methyl sites for hydroxylation is 2. The zero-order valence-corrected chi connectivity index (χ0v) is 17.1. The number of rotatable bonds is 3. The van der Waals surface area contributed by atoms with Gasteiger partial charge >= 0.3 is 0 Å². The molecule has 1 atom stereocenters. The first kappa shape index (κ1) is 19.2. The number of imidazole rings is 1. The molecule has 1 aliphatic rings. The Labute approximate surface area is 170 Å². The standard InChI is InChI=1S/C23H26N4O2/c1-15-7-6-9-26(14-15)23(29)21-25-20(19-8-4-5-10-27(19)21)22(28)24-18-12-16(2)11-17(3)13-18/h4-5,8,10-13,15H,6-7,9,14H2,1-3H3,(H,24,28). The lowest BCUT2D eigenvalue weighted by Gasteiger charge is -2.30. The van der Waals surface area contributed by atoms with Gasteiger partial charge in [-0.05, 0) is 68.0 Å². The Morgan fingerprint density at radius 3 is 2.62 bits per heavy atom. The van der Waals surface area contributed by atoms with Gasteiger partial charge in [0, 0.05) is 25.0 Å². The minimum Gasteiger partial charge on any atom is -0.336 e. The Bertz CT molecular complexity index is 1070. The van der Waals surface area contributed by atoms with E-state index in [1.165, 1.54) is 0 Å². The molecule has 0 aliphatic carbocycles. The average molecular weight is 390 g/mol. The van der Waals surface area contributed by atoms with Gasteiger partial charge < -0.3 is 10.2 Å². The molecule has 1 fully saturated rings. The first-order valence-corrected chi connectivity index (χ1v) is 10.1. The number of pyridine rings is 1. The maximum absolute atomic E-state index is 13.2. The number of hydrogen-bond donors (Lipinski definition) is 1. The third kappa shape index (κ3) is 3.88. The monoisotopic (exact) mass is 390 g/mol. The molecule has 0 bridgehead atoms. The van der Waals surface area contributed by atoms with E-state index in [1.54, 1.807) is 10.6 Å². The number of carbonyl (C=O) groups is 2. The highest BCUT2D eigenvalue weighted by Gasteiger charge is 2.27. The highest BCUT2D eigenvalue weighted by atomic mass is 16.2. The summed E-state index contributed by atoms with van der Waals surface area (Å²) in [7, 11) is 0. The van der Waals surface area contributed by atoms with Crippen LogP contribution in [0.2, 0.25) is 0 Å². The zero-order valence-electron chi connectivity index (χ0n) is 17.1. The van der Waals surface area contributed by atoms with E-state index < -0.39 is 0 Å². The number of hydrogen-bond acceptors (Lipinski definition) is 3. The minimum absolute atomic E-state index is 0.122. The predicted molar refractivity (Wildman–Crippen MR) is 113 cm³/mol. The van der Waals surface area contributed by atoms with E-state index in [0.717, 1.165) is 42.7 Å². The van der Waals surface area contributed by atoms with E-state index in [2.05, 4.69) is 23.3 Å². The minimum atomic E-state index is -0.315. The van der Waals surface area contributed by atoms with Crippen molar-refractivity contribution >= 4 is 23.0 Å². The molecule has 6 heteroatoms. The summed E-state index contributed by atoms with van der Waals surface area (Å²) in [5, 5.41) is 2.93. The number of likely N-dealkylation sites (tertiary alicyclic amines) is 1. The van der Waals surface area contributed by atoms with Crippen LogP contribution in [-0.4, -0.2) is 39.2 Å². The van der Waals surface area contributed by atoms with Crippen molar-refractivity contribution in [3.63, 3.8) is 0 Å². The first-order chi connectivity index (χ1) is 13.9. The molecule has 3 aromatic rings. The van der Waals surface area contributed by atoms with Crippen LogP contribution in [0.4, 0.5) is 5.69 Å². The molecule has 0 spiro atoms. The quantitative estimate of drug-likeness (QED) is 0.733. The fourth-order valence-corrected chi connectivity index (χ4v) is 4.11. The summed E-state index contributed by atoms with van der Waals surface area (Å²) in [6.07, 6.45) is 3.92. The van der Waals surface area contributed by atoms with Crippen LogP contribution in [-0.2, 0) is 0 Å². The van der Waals surface area contributed by atoms with Crippen LogP contribution in [0.1, 0.15) is 52.0 Å². The van der Waals surface area contributed by atoms with Gasteiger partial charge in [-0.1, -0.05) is 19.1 Å². The van der Waals surface area contributed by atoms with Crippen molar-refractivity contribution in [2.45, 2.75) is 33.6 Å². The van der Waals surface area contributed by atoms with Crippen molar-refractivity contribution in [2.75, 3.05) is 18.4 Å². The van der Waals surface area contributed by atoms with Gasteiger partial charge in [0.05, 0.1) is 5.52 Å². The topological polar surface area (TPSA) is 66.7 Å². The largest absolute Gasteiger partial charge is 0.336 e. The fraction of sp³-hybridized carbons (Fsp3) is 0.348. The van der Waals surface area contributed by atoms with Gasteiger partial charge in [-0.2, -0.15) is 0 Å². The summed E-state index contributed by atoms with van der Waals surface area (Å²) in [5.74, 6) is 0.333. The molecule has 4 rings (SSSR count). The number of benzene rings is 1. The molecule has 29 heavy (non-hydrogen) atoms. The highest BCUT2D eigenvalue weighted by Crippen LogP contribution is 2.21. The van der Waals surface area contributed by atoms with Crippen molar-refractivity contribution in [3.8, 4) is 0 Å². The lowest BCUT2D eigenvalue weighted by molar-refractivity contribution is 0.0670. The average Bonchev–Trinajstić information content (AvgIpc) is 3.06. The van der Waals surface area contributed by atoms with Crippen molar-refractivity contribution in [2.24, 2.45) is 5.92 Å². The van der Waals surface area contributed by atoms with Crippen LogP contribution in [0.15, 0.2) is 42.6 Å². The second-order valence-corrected chi connectivity index (χ2v) is 8.07. The lowest BCUT2D eigenvalue weighted by Crippen LogP contribution is -2.39. The molecule has 6 nitrogen and oxygen atoms in total. The van der Waals surface area contributed by atoms with Crippen LogP contribution in [0.5, 0.6) is 0 Å². The number of carbonyl (C=O) groups excluding carboxylic acids is 2. The number of aromatic nitrogens is 2. The van der Waals surface area contributed by atoms with Gasteiger partial charge in [-0.15, -0.1) is 0 Å². The molecule has 1 N–H and O–H groups in total. The van der Waals surface area contributed by atoms with Crippen LogP contribution in [0, 0.1) is 19.8 Å². The van der Waals surface area contributed by atoms with E-state index >= 15 is 0 Å². The normalized spacial score (nSPS) is 16.8. The van der Waals surface area contributed by atoms with E-state index in [0.29, 0.717) is 17.3 Å². The molecule has 150 valence electrons. The van der Waals surface area contributed by atoms with Crippen LogP contribution < -0.4 is 5.32 Å². The maximum atomic E-state index is 13.2. The first-order valence-electron chi connectivity index (χ1n) is 10.1. The van der Waals surface area contributed by atoms with Gasteiger partial charge in [-0.3, -0.25) is 14.0 Å². The van der Waals surface area contributed by atoms with Crippen molar-refractivity contribution < 1.29 is 9.59 Å². The molecular weight excluding hydrogens is 364 g/mol. The summed E-state index contributed by atoms with van der Waals surface area (Å²) in [6, 6.07) is 11.4. The summed E-state index contributed by atoms with van der Waals surface area (Å²) in [5.41, 5.74) is 3.76. The molecule has 0 radical (unpaired) electrons. The van der Waals surface area contributed by atoms with Crippen LogP contribution in [0.3, 0.4) is 0 Å². The molecular formula is C23H26N4O2. The summed E-state index contributed by atoms with van der Waals surface area (Å²) >= 11 is 0. The Kier molecular flexibility index (Phi) is 5.09. The van der Waals surface area contributed by atoms with Crippen molar-refractivity contribution in [1.82, 2.24) is 14.3 Å². The predicted octanol–water partition coefficient (Wildman–Crippen LogP) is 4.08. The third-order valence-corrected chi connectivity index (χ3v) is 5.38. The Balaban J connectivity index is 1.68. The second kappa shape index (κ2) is 7.70. The molecule has 3 heterocycles. The zero-order chi connectivity index (χ0) is 20.5. The molecule has 1 aliphatic heterocycles. The van der Waals surface area contributed by atoms with Gasteiger partial charge in [-0.25, -0.2) is 4.98 Å².